The van der Waals surface area contributed by atoms with Gasteiger partial charge in [0.2, 0.25) is 0 Å². The van der Waals surface area contributed by atoms with Crippen LogP contribution in [-0.2, 0) is 19.2 Å². The van der Waals surface area contributed by atoms with Gasteiger partial charge in [-0.3, -0.25) is 14.4 Å². The second-order valence-corrected chi connectivity index (χ2v) is 4.61. The van der Waals surface area contributed by atoms with E-state index in [1.165, 1.54) is 0 Å². The first kappa shape index (κ1) is 13.1. The van der Waals surface area contributed by atoms with Gasteiger partial charge in [0.15, 0.2) is 0 Å². The molecule has 0 aromatic rings. The minimum absolute atomic E-state index is 0.218. The van der Waals surface area contributed by atoms with Crippen LogP contribution in [0.4, 0.5) is 0 Å². The molecule has 1 aliphatic rings. The third kappa shape index (κ3) is 1.35. The summed E-state index contributed by atoms with van der Waals surface area (Å²) in [6, 6.07) is 0. The number of carbonyl (C=O) groups excluding carboxylic acids is 1. The molecule has 1 fully saturated rings. The SMILES string of the molecule is CC1(C=O)C(C(=O)O)C(C)(C(=O)O)C1C(=O)O. The van der Waals surface area contributed by atoms with E-state index < -0.39 is 40.6 Å². The van der Waals surface area contributed by atoms with Crippen molar-refractivity contribution in [3.63, 3.8) is 0 Å². The smallest absolute Gasteiger partial charge is 0.311 e. The van der Waals surface area contributed by atoms with Crippen molar-refractivity contribution in [1.82, 2.24) is 0 Å². The lowest BCUT2D eigenvalue weighted by Gasteiger charge is -2.57. The molecule has 17 heavy (non-hydrogen) atoms. The summed E-state index contributed by atoms with van der Waals surface area (Å²) in [5.41, 5.74) is -3.68. The molecule has 0 heterocycles. The van der Waals surface area contributed by atoms with Gasteiger partial charge >= 0.3 is 17.9 Å². The highest BCUT2D eigenvalue weighted by molar-refractivity contribution is 5.98. The number of carboxylic acid groups (broad SMARTS) is 3. The Hall–Kier alpha value is -1.92. The van der Waals surface area contributed by atoms with Crippen molar-refractivity contribution in [3.8, 4) is 0 Å². The molecule has 1 saturated carbocycles. The van der Waals surface area contributed by atoms with E-state index in [1.54, 1.807) is 0 Å². The number of carboxylic acids is 3. The molecular formula is C10H12O7. The maximum Gasteiger partial charge on any atom is 0.311 e. The summed E-state index contributed by atoms with van der Waals surface area (Å²) < 4.78 is 0. The molecule has 3 N–H and O–H groups in total. The Morgan fingerprint density at radius 1 is 1.00 bits per heavy atom. The van der Waals surface area contributed by atoms with Gasteiger partial charge in [-0.1, -0.05) is 6.92 Å². The van der Waals surface area contributed by atoms with Crippen molar-refractivity contribution in [2.45, 2.75) is 13.8 Å². The van der Waals surface area contributed by atoms with E-state index in [0.717, 1.165) is 13.8 Å². The Morgan fingerprint density at radius 3 is 1.53 bits per heavy atom. The standard InChI is InChI=1S/C10H12O7/c1-9(3-11)4(6(12)13)10(2,8(16)17)5(9)7(14)15/h3-5H,1-2H3,(H,12,13)(H,14,15)(H,16,17). The van der Waals surface area contributed by atoms with Crippen LogP contribution in [0, 0.1) is 22.7 Å². The van der Waals surface area contributed by atoms with Gasteiger partial charge in [-0.2, -0.15) is 0 Å². The molecule has 7 heteroatoms. The zero-order valence-electron chi connectivity index (χ0n) is 9.21. The molecule has 2 atom stereocenters. The van der Waals surface area contributed by atoms with Gasteiger partial charge in [-0.05, 0) is 6.92 Å². The lowest BCUT2D eigenvalue weighted by Crippen LogP contribution is -2.70. The number of aliphatic carboxylic acids is 3. The second-order valence-electron chi connectivity index (χ2n) is 4.61. The average molecular weight is 244 g/mol. The van der Waals surface area contributed by atoms with Crippen LogP contribution in [-0.4, -0.2) is 39.5 Å². The fourth-order valence-corrected chi connectivity index (χ4v) is 2.96. The van der Waals surface area contributed by atoms with Crippen molar-refractivity contribution in [1.29, 1.82) is 0 Å². The van der Waals surface area contributed by atoms with Gasteiger partial charge in [0.05, 0.1) is 22.7 Å². The number of hydrogen-bond donors (Lipinski definition) is 3. The predicted octanol–water partition coefficient (Wildman–Crippen LogP) is -0.302. The minimum Gasteiger partial charge on any atom is -0.481 e. The topological polar surface area (TPSA) is 129 Å². The molecule has 0 aromatic heterocycles. The van der Waals surface area contributed by atoms with E-state index >= 15 is 0 Å². The number of carbonyl (C=O) groups is 4. The highest BCUT2D eigenvalue weighted by Gasteiger charge is 2.76. The first-order valence-electron chi connectivity index (χ1n) is 4.79. The summed E-state index contributed by atoms with van der Waals surface area (Å²) in [6.07, 6.45) is 0.218. The first-order valence-corrected chi connectivity index (χ1v) is 4.79. The van der Waals surface area contributed by atoms with E-state index in [-0.39, 0.29) is 6.29 Å². The van der Waals surface area contributed by atoms with Crippen LogP contribution in [0.5, 0.6) is 0 Å². The zero-order chi connectivity index (χ0) is 13.6. The molecule has 0 spiro atoms. The Morgan fingerprint density at radius 2 is 1.35 bits per heavy atom. The van der Waals surface area contributed by atoms with Crippen LogP contribution in [0.25, 0.3) is 0 Å². The van der Waals surface area contributed by atoms with Crippen LogP contribution in [0.15, 0.2) is 0 Å². The molecule has 0 bridgehead atoms. The normalized spacial score (nSPS) is 40.1. The van der Waals surface area contributed by atoms with E-state index in [2.05, 4.69) is 0 Å². The third-order valence-corrected chi connectivity index (χ3v) is 3.65. The van der Waals surface area contributed by atoms with Gasteiger partial charge in [-0.25, -0.2) is 0 Å². The monoisotopic (exact) mass is 244 g/mol. The zero-order valence-corrected chi connectivity index (χ0v) is 9.21. The van der Waals surface area contributed by atoms with Crippen molar-refractivity contribution in [2.75, 3.05) is 0 Å². The largest absolute Gasteiger partial charge is 0.481 e. The summed E-state index contributed by atoms with van der Waals surface area (Å²) in [5.74, 6) is -7.60. The van der Waals surface area contributed by atoms with Gasteiger partial charge in [0.1, 0.15) is 6.29 Å². The highest BCUT2D eigenvalue weighted by Crippen LogP contribution is 2.63. The summed E-state index contributed by atoms with van der Waals surface area (Å²) in [6.45, 7) is 2.19. The maximum absolute atomic E-state index is 11.1. The van der Waals surface area contributed by atoms with Crippen LogP contribution in [0.3, 0.4) is 0 Å². The summed E-state index contributed by atoms with van der Waals surface area (Å²) in [4.78, 5) is 44.1. The third-order valence-electron chi connectivity index (χ3n) is 3.65. The van der Waals surface area contributed by atoms with E-state index in [9.17, 15) is 19.2 Å². The van der Waals surface area contributed by atoms with Crippen molar-refractivity contribution in [2.24, 2.45) is 22.7 Å². The summed E-state index contributed by atoms with van der Waals surface area (Å²) in [5, 5.41) is 27.0. The molecule has 0 aliphatic heterocycles. The van der Waals surface area contributed by atoms with Crippen LogP contribution >= 0.6 is 0 Å². The lowest BCUT2D eigenvalue weighted by atomic mass is 9.40. The van der Waals surface area contributed by atoms with E-state index in [1.807, 2.05) is 0 Å². The van der Waals surface area contributed by atoms with Gasteiger partial charge in [-0.15, -0.1) is 0 Å². The molecule has 0 amide bonds. The highest BCUT2D eigenvalue weighted by atomic mass is 16.4. The van der Waals surface area contributed by atoms with Crippen molar-refractivity contribution < 1.29 is 34.5 Å². The fourth-order valence-electron chi connectivity index (χ4n) is 2.96. The van der Waals surface area contributed by atoms with Crippen molar-refractivity contribution in [3.05, 3.63) is 0 Å². The molecule has 1 aliphatic carbocycles. The number of aldehydes is 1. The molecule has 94 valence electrons. The predicted molar refractivity (Wildman–Crippen MR) is 52.2 cm³/mol. The molecule has 0 saturated heterocycles. The minimum atomic E-state index is -1.98. The first-order chi connectivity index (χ1) is 7.63. The van der Waals surface area contributed by atoms with Gasteiger partial charge in [0, 0.05) is 0 Å². The molecule has 7 nitrogen and oxygen atoms in total. The summed E-state index contributed by atoms with van der Waals surface area (Å²) in [7, 11) is 0. The summed E-state index contributed by atoms with van der Waals surface area (Å²) >= 11 is 0. The molecule has 1 rings (SSSR count). The molecular weight excluding hydrogens is 232 g/mol. The molecule has 0 radical (unpaired) electrons. The lowest BCUT2D eigenvalue weighted by molar-refractivity contribution is -0.219. The van der Waals surface area contributed by atoms with E-state index in [0.29, 0.717) is 0 Å². The molecule has 2 unspecified atom stereocenters. The number of hydrogen-bond acceptors (Lipinski definition) is 4. The maximum atomic E-state index is 11.1. The van der Waals surface area contributed by atoms with Gasteiger partial charge in [0.25, 0.3) is 0 Å². The van der Waals surface area contributed by atoms with Crippen LogP contribution in [0.2, 0.25) is 0 Å². The molecule has 0 aromatic carbocycles. The Balaban J connectivity index is 3.39. The van der Waals surface area contributed by atoms with Gasteiger partial charge < -0.3 is 20.1 Å². The van der Waals surface area contributed by atoms with E-state index in [4.69, 9.17) is 15.3 Å². The quantitative estimate of drug-likeness (QED) is 0.579. The van der Waals surface area contributed by atoms with Crippen LogP contribution < -0.4 is 0 Å². The van der Waals surface area contributed by atoms with Crippen LogP contribution in [0.1, 0.15) is 13.8 Å². The van der Waals surface area contributed by atoms with Crippen molar-refractivity contribution >= 4 is 24.2 Å². The number of rotatable bonds is 4. The Labute approximate surface area is 96.0 Å². The Bertz CT molecular complexity index is 389. The average Bonchev–Trinajstić information content (AvgIpc) is 2.14. The second kappa shape index (κ2) is 3.54. The Kier molecular flexibility index (Phi) is 2.74. The fraction of sp³-hybridized carbons (Fsp3) is 0.600.